The lowest BCUT2D eigenvalue weighted by molar-refractivity contribution is -0.384. The number of piperidine rings is 1. The van der Waals surface area contributed by atoms with E-state index < -0.39 is 4.92 Å². The van der Waals surface area contributed by atoms with Gasteiger partial charge in [0.25, 0.3) is 0 Å². The first-order valence-electron chi connectivity index (χ1n) is 6.89. The largest absolute Gasteiger partial charge is 0.350 e. The van der Waals surface area contributed by atoms with Gasteiger partial charge in [0.15, 0.2) is 5.82 Å². The molecule has 1 atom stereocenters. The lowest BCUT2D eigenvalue weighted by atomic mass is 9.98. The van der Waals surface area contributed by atoms with Crippen LogP contribution in [-0.4, -0.2) is 33.1 Å². The molecule has 0 bridgehead atoms. The van der Waals surface area contributed by atoms with Crippen LogP contribution in [0.4, 0.5) is 11.5 Å². The number of hydrogen-bond acceptors (Lipinski definition) is 7. The first kappa shape index (κ1) is 14.7. The highest BCUT2D eigenvalue weighted by atomic mass is 35.5. The van der Waals surface area contributed by atoms with E-state index in [0.29, 0.717) is 30.6 Å². The number of hydrogen-bond donors (Lipinski definition) is 0. The van der Waals surface area contributed by atoms with Crippen molar-refractivity contribution in [1.82, 2.24) is 15.1 Å². The highest BCUT2D eigenvalue weighted by Gasteiger charge is 2.30. The fraction of sp³-hybridized carbons (Fsp3) is 0.462. The smallest absolute Gasteiger partial charge is 0.313 e. The summed E-state index contributed by atoms with van der Waals surface area (Å²) >= 11 is 5.81. The van der Waals surface area contributed by atoms with Crippen LogP contribution in [0.2, 0.25) is 5.02 Å². The van der Waals surface area contributed by atoms with Gasteiger partial charge >= 0.3 is 5.69 Å². The second-order valence-electron chi connectivity index (χ2n) is 5.22. The van der Waals surface area contributed by atoms with Crippen LogP contribution in [0.25, 0.3) is 0 Å². The molecule has 2 aromatic heterocycles. The Hall–Kier alpha value is -2.22. The van der Waals surface area contributed by atoms with E-state index >= 15 is 0 Å². The van der Waals surface area contributed by atoms with Gasteiger partial charge < -0.3 is 9.42 Å². The van der Waals surface area contributed by atoms with Crippen molar-refractivity contribution in [3.8, 4) is 0 Å². The number of nitrogens with zero attached hydrogens (tertiary/aromatic N) is 5. The third-order valence-corrected chi connectivity index (χ3v) is 3.83. The molecule has 8 nitrogen and oxygen atoms in total. The van der Waals surface area contributed by atoms with Crippen molar-refractivity contribution < 1.29 is 9.45 Å². The van der Waals surface area contributed by atoms with Crippen molar-refractivity contribution in [2.75, 3.05) is 18.0 Å². The number of halogens is 1. The van der Waals surface area contributed by atoms with Crippen LogP contribution in [-0.2, 0) is 0 Å². The molecule has 0 N–H and O–H groups in total. The Morgan fingerprint density at radius 3 is 3.05 bits per heavy atom. The summed E-state index contributed by atoms with van der Waals surface area (Å²) in [7, 11) is 0. The number of rotatable bonds is 3. The van der Waals surface area contributed by atoms with Crippen molar-refractivity contribution in [1.29, 1.82) is 0 Å². The molecule has 0 unspecified atom stereocenters. The minimum absolute atomic E-state index is 0.0482. The van der Waals surface area contributed by atoms with Crippen molar-refractivity contribution >= 4 is 23.1 Å². The molecule has 0 radical (unpaired) electrons. The summed E-state index contributed by atoms with van der Waals surface area (Å²) < 4.78 is 5.22. The van der Waals surface area contributed by atoms with Crippen molar-refractivity contribution in [3.63, 3.8) is 0 Å². The second kappa shape index (κ2) is 5.88. The quantitative estimate of drug-likeness (QED) is 0.632. The summed E-state index contributed by atoms with van der Waals surface area (Å²) in [6.45, 7) is 3.01. The highest BCUT2D eigenvalue weighted by Crippen LogP contribution is 2.33. The molecule has 2 aromatic rings. The Morgan fingerprint density at radius 2 is 2.36 bits per heavy atom. The van der Waals surface area contributed by atoms with E-state index in [4.69, 9.17) is 16.1 Å². The van der Waals surface area contributed by atoms with Gasteiger partial charge in [-0.25, -0.2) is 4.98 Å². The molecule has 9 heteroatoms. The van der Waals surface area contributed by atoms with E-state index in [9.17, 15) is 10.1 Å². The fourth-order valence-electron chi connectivity index (χ4n) is 2.65. The average Bonchev–Trinajstić information content (AvgIpc) is 2.94. The van der Waals surface area contributed by atoms with Crippen molar-refractivity contribution in [2.45, 2.75) is 25.7 Å². The number of aromatic nitrogens is 3. The molecule has 116 valence electrons. The second-order valence-corrected chi connectivity index (χ2v) is 5.65. The summed E-state index contributed by atoms with van der Waals surface area (Å²) in [6.07, 6.45) is 3.19. The first-order valence-corrected chi connectivity index (χ1v) is 7.27. The van der Waals surface area contributed by atoms with Crippen LogP contribution < -0.4 is 4.90 Å². The predicted octanol–water partition coefficient (Wildman–Crippen LogP) is 2.72. The van der Waals surface area contributed by atoms with Crippen molar-refractivity contribution in [3.05, 3.63) is 39.1 Å². The monoisotopic (exact) mass is 323 g/mol. The minimum atomic E-state index is -0.464. The van der Waals surface area contributed by atoms with Crippen molar-refractivity contribution in [2.24, 2.45) is 0 Å². The molecule has 1 fully saturated rings. The molecule has 0 aromatic carbocycles. The summed E-state index contributed by atoms with van der Waals surface area (Å²) in [5.74, 6) is 1.53. The predicted molar refractivity (Wildman–Crippen MR) is 79.1 cm³/mol. The Bertz CT molecular complexity index is 705. The minimum Gasteiger partial charge on any atom is -0.350 e. The maximum atomic E-state index is 11.2. The number of nitro groups is 1. The Balaban J connectivity index is 1.87. The van der Waals surface area contributed by atoms with E-state index in [0.717, 1.165) is 12.8 Å². The summed E-state index contributed by atoms with van der Waals surface area (Å²) in [5.41, 5.74) is -0.0881. The lowest BCUT2D eigenvalue weighted by Gasteiger charge is -2.31. The van der Waals surface area contributed by atoms with Crippen LogP contribution in [0.15, 0.2) is 16.8 Å². The molecule has 0 saturated carbocycles. The van der Waals surface area contributed by atoms with Gasteiger partial charge in [0.1, 0.15) is 0 Å². The molecule has 22 heavy (non-hydrogen) atoms. The Morgan fingerprint density at radius 1 is 1.55 bits per heavy atom. The van der Waals surface area contributed by atoms with Crippen LogP contribution in [0.3, 0.4) is 0 Å². The topological polar surface area (TPSA) is 98.2 Å². The SMILES string of the molecule is Cc1noc([C@H]2CCCN(c3ncc(Cl)cc3[N+](=O)[O-])C2)n1. The third-order valence-electron chi connectivity index (χ3n) is 3.62. The first-order chi connectivity index (χ1) is 10.5. The summed E-state index contributed by atoms with van der Waals surface area (Å²) in [5, 5.41) is 15.3. The zero-order valence-electron chi connectivity index (χ0n) is 11.9. The Labute approximate surface area is 131 Å². The van der Waals surface area contributed by atoms with Gasteiger partial charge in [0.2, 0.25) is 11.7 Å². The molecular weight excluding hydrogens is 310 g/mol. The van der Waals surface area contributed by atoms with Gasteiger partial charge in [-0.15, -0.1) is 0 Å². The van der Waals surface area contributed by atoms with Gasteiger partial charge in [-0.05, 0) is 19.8 Å². The highest BCUT2D eigenvalue weighted by molar-refractivity contribution is 6.30. The maximum absolute atomic E-state index is 11.2. The third kappa shape index (κ3) is 2.87. The van der Waals surface area contributed by atoms with Gasteiger partial charge in [0.05, 0.1) is 15.9 Å². The lowest BCUT2D eigenvalue weighted by Crippen LogP contribution is -2.35. The number of anilines is 1. The average molecular weight is 324 g/mol. The molecule has 0 amide bonds. The number of aryl methyl sites for hydroxylation is 1. The van der Waals surface area contributed by atoms with Gasteiger partial charge in [0, 0.05) is 25.4 Å². The van der Waals surface area contributed by atoms with Crippen LogP contribution in [0.1, 0.15) is 30.5 Å². The zero-order valence-corrected chi connectivity index (χ0v) is 12.7. The Kier molecular flexibility index (Phi) is 3.93. The van der Waals surface area contributed by atoms with E-state index in [1.807, 2.05) is 4.90 Å². The molecular formula is C13H14ClN5O3. The molecule has 3 rings (SSSR count). The standard InChI is InChI=1S/C13H14ClN5O3/c1-8-16-13(22-17-8)9-3-2-4-18(7-9)12-11(19(20)21)5-10(14)6-15-12/h5-6,9H,2-4,7H2,1H3/t9-/m0/s1. The molecule has 1 aliphatic heterocycles. The zero-order chi connectivity index (χ0) is 15.7. The molecule has 1 saturated heterocycles. The fourth-order valence-corrected chi connectivity index (χ4v) is 2.80. The van der Waals surface area contributed by atoms with Gasteiger partial charge in [-0.3, -0.25) is 10.1 Å². The van der Waals surface area contributed by atoms with E-state index in [-0.39, 0.29) is 16.6 Å². The molecule has 3 heterocycles. The maximum Gasteiger partial charge on any atom is 0.313 e. The normalized spacial score (nSPS) is 18.5. The summed E-state index contributed by atoms with van der Waals surface area (Å²) in [4.78, 5) is 21.0. The van der Waals surface area contributed by atoms with Gasteiger partial charge in [-0.2, -0.15) is 4.98 Å². The van der Waals surface area contributed by atoms with Crippen LogP contribution in [0, 0.1) is 17.0 Å². The van der Waals surface area contributed by atoms with Gasteiger partial charge in [-0.1, -0.05) is 16.8 Å². The van der Waals surface area contributed by atoms with Crippen LogP contribution in [0.5, 0.6) is 0 Å². The molecule has 0 spiro atoms. The van der Waals surface area contributed by atoms with E-state index in [1.54, 1.807) is 6.92 Å². The number of pyridine rings is 1. The van der Waals surface area contributed by atoms with E-state index in [2.05, 4.69) is 15.1 Å². The van der Waals surface area contributed by atoms with Crippen LogP contribution >= 0.6 is 11.6 Å². The summed E-state index contributed by atoms with van der Waals surface area (Å²) in [6, 6.07) is 1.32. The molecule has 0 aliphatic carbocycles. The van der Waals surface area contributed by atoms with E-state index in [1.165, 1.54) is 12.3 Å². The molecule has 1 aliphatic rings.